The number of aliphatic hydroxyl groups excluding tert-OH is 1. The first kappa shape index (κ1) is 17.0. The molecule has 1 heterocycles. The molecule has 122 valence electrons. The lowest BCUT2D eigenvalue weighted by Gasteiger charge is -2.20. The molecule has 2 unspecified atom stereocenters. The minimum atomic E-state index is -1.29. The van der Waals surface area contributed by atoms with E-state index in [2.05, 4.69) is 10.6 Å². The van der Waals surface area contributed by atoms with Crippen LogP contribution in [0.15, 0.2) is 35.0 Å². The second-order valence-electron chi connectivity index (χ2n) is 4.85. The molecule has 0 aliphatic heterocycles. The van der Waals surface area contributed by atoms with E-state index in [-0.39, 0.29) is 5.56 Å². The molecule has 2 aromatic rings. The molecule has 2 atom stereocenters. The first-order valence-electron chi connectivity index (χ1n) is 6.65. The Labute approximate surface area is 135 Å². The SMILES string of the molecule is CC(NC(=O)C(=O)Nc1ccsc1)C(O)c1ccc(F)c(F)c1. The average molecular weight is 340 g/mol. The van der Waals surface area contributed by atoms with Crippen molar-refractivity contribution < 1.29 is 23.5 Å². The molecule has 0 aliphatic carbocycles. The number of hydrogen-bond acceptors (Lipinski definition) is 4. The van der Waals surface area contributed by atoms with Gasteiger partial charge in [-0.15, -0.1) is 0 Å². The number of amides is 2. The van der Waals surface area contributed by atoms with Crippen molar-refractivity contribution in [3.63, 3.8) is 0 Å². The van der Waals surface area contributed by atoms with Crippen molar-refractivity contribution in [1.82, 2.24) is 5.32 Å². The summed E-state index contributed by atoms with van der Waals surface area (Å²) in [6, 6.07) is 3.69. The molecule has 0 radical (unpaired) electrons. The maximum atomic E-state index is 13.2. The molecule has 0 saturated heterocycles. The number of thiophene rings is 1. The van der Waals surface area contributed by atoms with Crippen LogP contribution < -0.4 is 10.6 Å². The number of rotatable bonds is 4. The highest BCUT2D eigenvalue weighted by Crippen LogP contribution is 2.19. The molecule has 0 spiro atoms. The predicted octanol–water partition coefficient (Wildman–Crippen LogP) is 2.20. The molecule has 0 aliphatic rings. The summed E-state index contributed by atoms with van der Waals surface area (Å²) < 4.78 is 26.0. The Morgan fingerprint density at radius 1 is 1.17 bits per heavy atom. The van der Waals surface area contributed by atoms with Gasteiger partial charge in [-0.25, -0.2) is 8.78 Å². The number of halogens is 2. The maximum Gasteiger partial charge on any atom is 0.313 e. The van der Waals surface area contributed by atoms with Gasteiger partial charge in [-0.3, -0.25) is 9.59 Å². The Kier molecular flexibility index (Phi) is 5.41. The first-order valence-corrected chi connectivity index (χ1v) is 7.60. The molecule has 23 heavy (non-hydrogen) atoms. The summed E-state index contributed by atoms with van der Waals surface area (Å²) in [5, 5.41) is 18.2. The molecule has 0 fully saturated rings. The van der Waals surface area contributed by atoms with Crippen molar-refractivity contribution in [1.29, 1.82) is 0 Å². The molecule has 2 rings (SSSR count). The fourth-order valence-corrected chi connectivity index (χ4v) is 2.45. The monoisotopic (exact) mass is 340 g/mol. The lowest BCUT2D eigenvalue weighted by atomic mass is 10.0. The van der Waals surface area contributed by atoms with E-state index in [1.807, 2.05) is 0 Å². The molecule has 3 N–H and O–H groups in total. The number of benzene rings is 1. The molecule has 5 nitrogen and oxygen atoms in total. The van der Waals surface area contributed by atoms with Crippen molar-refractivity contribution in [2.75, 3.05) is 5.32 Å². The van der Waals surface area contributed by atoms with Gasteiger partial charge in [0.25, 0.3) is 0 Å². The first-order chi connectivity index (χ1) is 10.9. The largest absolute Gasteiger partial charge is 0.386 e. The van der Waals surface area contributed by atoms with E-state index in [1.165, 1.54) is 24.3 Å². The minimum absolute atomic E-state index is 0.0925. The van der Waals surface area contributed by atoms with Crippen molar-refractivity contribution in [3.05, 3.63) is 52.2 Å². The standard InChI is InChI=1S/C15H14F2N2O3S/c1-8(13(20)9-2-3-11(16)12(17)6-9)18-14(21)15(22)19-10-4-5-23-7-10/h2-8,13,20H,1H3,(H,18,21)(H,19,22). The summed E-state index contributed by atoms with van der Waals surface area (Å²) in [7, 11) is 0. The highest BCUT2D eigenvalue weighted by molar-refractivity contribution is 7.08. The number of nitrogens with one attached hydrogen (secondary N) is 2. The quantitative estimate of drug-likeness (QED) is 0.747. The number of hydrogen-bond donors (Lipinski definition) is 3. The molecule has 2 amide bonds. The third-order valence-corrected chi connectivity index (χ3v) is 3.79. The zero-order chi connectivity index (χ0) is 17.0. The van der Waals surface area contributed by atoms with Crippen molar-refractivity contribution >= 4 is 28.8 Å². The molecule has 1 aromatic carbocycles. The Hall–Kier alpha value is -2.32. The maximum absolute atomic E-state index is 13.2. The normalized spacial score (nSPS) is 13.2. The zero-order valence-electron chi connectivity index (χ0n) is 12.0. The van der Waals surface area contributed by atoms with Crippen molar-refractivity contribution in [3.8, 4) is 0 Å². The average Bonchev–Trinajstić information content (AvgIpc) is 3.02. The molecular weight excluding hydrogens is 326 g/mol. The van der Waals surface area contributed by atoms with Crippen LogP contribution in [0.4, 0.5) is 14.5 Å². The zero-order valence-corrected chi connectivity index (χ0v) is 12.9. The van der Waals surface area contributed by atoms with Gasteiger partial charge in [0.05, 0.1) is 17.8 Å². The topological polar surface area (TPSA) is 78.4 Å². The van der Waals surface area contributed by atoms with Crippen LogP contribution in [0.1, 0.15) is 18.6 Å². The van der Waals surface area contributed by atoms with Gasteiger partial charge in [-0.05, 0) is 36.1 Å². The van der Waals surface area contributed by atoms with Crippen LogP contribution >= 0.6 is 11.3 Å². The van der Waals surface area contributed by atoms with Gasteiger partial charge < -0.3 is 15.7 Å². The van der Waals surface area contributed by atoms with Crippen LogP contribution in [0.2, 0.25) is 0 Å². The Morgan fingerprint density at radius 2 is 1.91 bits per heavy atom. The van der Waals surface area contributed by atoms with Gasteiger partial charge in [0.1, 0.15) is 0 Å². The summed E-state index contributed by atoms with van der Waals surface area (Å²) in [6.07, 6.45) is -1.29. The van der Waals surface area contributed by atoms with E-state index in [0.717, 1.165) is 12.1 Å². The van der Waals surface area contributed by atoms with E-state index in [4.69, 9.17) is 0 Å². The summed E-state index contributed by atoms with van der Waals surface area (Å²) in [4.78, 5) is 23.5. The van der Waals surface area contributed by atoms with Gasteiger partial charge in [-0.2, -0.15) is 11.3 Å². The van der Waals surface area contributed by atoms with E-state index in [1.54, 1.807) is 16.8 Å². The summed E-state index contributed by atoms with van der Waals surface area (Å²) in [5.41, 5.74) is 0.582. The third-order valence-electron chi connectivity index (χ3n) is 3.10. The van der Waals surface area contributed by atoms with E-state index in [0.29, 0.717) is 5.69 Å². The van der Waals surface area contributed by atoms with Crippen LogP contribution in [-0.2, 0) is 9.59 Å². The van der Waals surface area contributed by atoms with E-state index >= 15 is 0 Å². The molecule has 0 bridgehead atoms. The highest BCUT2D eigenvalue weighted by Gasteiger charge is 2.23. The van der Waals surface area contributed by atoms with Crippen LogP contribution in [0.3, 0.4) is 0 Å². The molecule has 8 heteroatoms. The summed E-state index contributed by atoms with van der Waals surface area (Å²) in [5.74, 6) is -3.96. The number of carbonyl (C=O) groups is 2. The molecular formula is C15H14F2N2O3S. The predicted molar refractivity (Wildman–Crippen MR) is 81.9 cm³/mol. The number of aliphatic hydroxyl groups is 1. The van der Waals surface area contributed by atoms with E-state index < -0.39 is 35.6 Å². The molecule has 0 saturated carbocycles. The Bertz CT molecular complexity index is 707. The fraction of sp³-hybridized carbons (Fsp3) is 0.200. The number of carbonyl (C=O) groups excluding carboxylic acids is 2. The smallest absolute Gasteiger partial charge is 0.313 e. The van der Waals surface area contributed by atoms with E-state index in [9.17, 15) is 23.5 Å². The molecule has 1 aromatic heterocycles. The third kappa shape index (κ3) is 4.33. The lowest BCUT2D eigenvalue weighted by Crippen LogP contribution is -2.43. The van der Waals surface area contributed by atoms with Crippen LogP contribution in [-0.4, -0.2) is 23.0 Å². The second-order valence-corrected chi connectivity index (χ2v) is 5.63. The fourth-order valence-electron chi connectivity index (χ4n) is 1.86. The van der Waals surface area contributed by atoms with Crippen LogP contribution in [0, 0.1) is 11.6 Å². The van der Waals surface area contributed by atoms with Crippen LogP contribution in [0.5, 0.6) is 0 Å². The van der Waals surface area contributed by atoms with Gasteiger partial charge in [0.15, 0.2) is 11.6 Å². The summed E-state index contributed by atoms with van der Waals surface area (Å²) >= 11 is 1.36. The second kappa shape index (κ2) is 7.30. The van der Waals surface area contributed by atoms with Crippen molar-refractivity contribution in [2.24, 2.45) is 0 Å². The Morgan fingerprint density at radius 3 is 2.52 bits per heavy atom. The highest BCUT2D eigenvalue weighted by atomic mass is 32.1. The summed E-state index contributed by atoms with van der Waals surface area (Å²) in [6.45, 7) is 1.45. The van der Waals surface area contributed by atoms with Crippen molar-refractivity contribution in [2.45, 2.75) is 19.1 Å². The van der Waals surface area contributed by atoms with Gasteiger partial charge >= 0.3 is 11.8 Å². The lowest BCUT2D eigenvalue weighted by molar-refractivity contribution is -0.137. The van der Waals surface area contributed by atoms with Crippen LogP contribution in [0.25, 0.3) is 0 Å². The number of anilines is 1. The van der Waals surface area contributed by atoms with Gasteiger partial charge in [0, 0.05) is 5.38 Å². The Balaban J connectivity index is 1.96. The van der Waals surface area contributed by atoms with Gasteiger partial charge in [0.2, 0.25) is 0 Å². The van der Waals surface area contributed by atoms with Gasteiger partial charge in [-0.1, -0.05) is 6.07 Å². The minimum Gasteiger partial charge on any atom is -0.386 e.